The van der Waals surface area contributed by atoms with E-state index < -0.39 is 29.6 Å². The van der Waals surface area contributed by atoms with E-state index >= 15 is 0 Å². The van der Waals surface area contributed by atoms with Crippen molar-refractivity contribution < 1.29 is 28.2 Å². The third-order valence-corrected chi connectivity index (χ3v) is 7.27. The van der Waals surface area contributed by atoms with Crippen LogP contribution in [0.4, 0.5) is 15.8 Å². The fraction of sp³-hybridized carbons (Fsp3) is 0.308. The van der Waals surface area contributed by atoms with E-state index in [-0.39, 0.29) is 28.0 Å². The molecule has 4 rings (SSSR count). The maximum Gasteiger partial charge on any atom is 0.273 e. The van der Waals surface area contributed by atoms with E-state index in [9.17, 15) is 18.8 Å². The smallest absolute Gasteiger partial charge is 0.273 e. The van der Waals surface area contributed by atoms with E-state index in [1.54, 1.807) is 18.2 Å². The summed E-state index contributed by atoms with van der Waals surface area (Å²) in [5.41, 5.74) is 11.6. The van der Waals surface area contributed by atoms with Gasteiger partial charge in [0.1, 0.15) is 28.2 Å². The standard InChI is InChI=1S/C26H28FN5O5S/c1-36-17-11-12-18(19(13-17)37-2)22(25(34)30-15-5-3-4-6-15)32(16-9-7-14(27)8-10-16)26(35)23-20(28)21(24(29)33)31-38-23/h7-13,15,22H,3-6,28H2,1-2H3,(H2,29,33)(H,30,34)/t22-/m0/s1. The van der Waals surface area contributed by atoms with Crippen LogP contribution in [-0.4, -0.2) is 42.4 Å². The van der Waals surface area contributed by atoms with Gasteiger partial charge in [0, 0.05) is 23.4 Å². The van der Waals surface area contributed by atoms with Crippen LogP contribution in [-0.2, 0) is 4.79 Å². The van der Waals surface area contributed by atoms with E-state index in [4.69, 9.17) is 20.9 Å². The van der Waals surface area contributed by atoms with Crippen LogP contribution in [0.1, 0.15) is 57.4 Å². The van der Waals surface area contributed by atoms with Crippen molar-refractivity contribution in [1.82, 2.24) is 9.69 Å². The van der Waals surface area contributed by atoms with Crippen molar-refractivity contribution in [2.75, 3.05) is 24.9 Å². The average molecular weight is 542 g/mol. The number of nitrogens with two attached hydrogens (primary N) is 2. The van der Waals surface area contributed by atoms with Gasteiger partial charge in [-0.05, 0) is 60.8 Å². The van der Waals surface area contributed by atoms with Gasteiger partial charge in [-0.15, -0.1) is 0 Å². The molecular weight excluding hydrogens is 513 g/mol. The maximum atomic E-state index is 14.1. The highest BCUT2D eigenvalue weighted by molar-refractivity contribution is 7.09. The molecule has 0 bridgehead atoms. The second-order valence-electron chi connectivity index (χ2n) is 8.79. The predicted octanol–water partition coefficient (Wildman–Crippen LogP) is 3.43. The van der Waals surface area contributed by atoms with Gasteiger partial charge < -0.3 is 26.3 Å². The Morgan fingerprint density at radius 2 is 1.79 bits per heavy atom. The summed E-state index contributed by atoms with van der Waals surface area (Å²) in [5.74, 6) is -1.81. The first kappa shape index (κ1) is 26.9. The summed E-state index contributed by atoms with van der Waals surface area (Å²) in [5, 5.41) is 3.05. The topological polar surface area (TPSA) is 150 Å². The summed E-state index contributed by atoms with van der Waals surface area (Å²) in [7, 11) is 2.94. The van der Waals surface area contributed by atoms with Crippen LogP contribution < -0.4 is 31.2 Å². The number of ether oxygens (including phenoxy) is 2. The lowest BCUT2D eigenvalue weighted by Gasteiger charge is -2.33. The highest BCUT2D eigenvalue weighted by Gasteiger charge is 2.38. The molecule has 5 N–H and O–H groups in total. The summed E-state index contributed by atoms with van der Waals surface area (Å²) in [6.07, 6.45) is 3.59. The molecule has 12 heteroatoms. The first-order valence-corrected chi connectivity index (χ1v) is 12.7. The predicted molar refractivity (Wildman–Crippen MR) is 141 cm³/mol. The number of nitrogen functional groups attached to an aromatic ring is 1. The van der Waals surface area contributed by atoms with Gasteiger partial charge in [-0.25, -0.2) is 4.39 Å². The maximum absolute atomic E-state index is 14.1. The molecule has 10 nitrogen and oxygen atoms in total. The SMILES string of the molecule is COc1ccc([C@@H](C(=O)NC2CCCC2)N(C(=O)c2snc(C(N)=O)c2N)c2ccc(F)cc2)c(OC)c1. The molecule has 1 heterocycles. The Morgan fingerprint density at radius 3 is 2.37 bits per heavy atom. The number of rotatable bonds is 9. The number of benzene rings is 2. The number of nitrogens with one attached hydrogen (secondary N) is 1. The molecule has 1 saturated carbocycles. The van der Waals surface area contributed by atoms with E-state index in [2.05, 4.69) is 9.69 Å². The fourth-order valence-corrected chi connectivity index (χ4v) is 5.26. The van der Waals surface area contributed by atoms with Crippen molar-refractivity contribution >= 4 is 40.6 Å². The molecule has 0 spiro atoms. The minimum absolute atomic E-state index is 0.0608. The first-order valence-electron chi connectivity index (χ1n) is 11.9. The molecule has 1 aliphatic rings. The van der Waals surface area contributed by atoms with Gasteiger partial charge in [0.15, 0.2) is 5.69 Å². The van der Waals surface area contributed by atoms with Gasteiger partial charge in [0.05, 0.1) is 19.9 Å². The number of amides is 3. The van der Waals surface area contributed by atoms with Gasteiger partial charge in [-0.2, -0.15) is 4.37 Å². The molecule has 200 valence electrons. The Labute approximate surface area is 222 Å². The third kappa shape index (κ3) is 5.40. The Morgan fingerprint density at radius 1 is 1.11 bits per heavy atom. The molecule has 3 amide bonds. The van der Waals surface area contributed by atoms with Crippen molar-refractivity contribution in [2.45, 2.75) is 37.8 Å². The summed E-state index contributed by atoms with van der Waals surface area (Å²) in [6, 6.07) is 8.68. The van der Waals surface area contributed by atoms with E-state index in [1.165, 1.54) is 43.4 Å². The number of nitrogens with zero attached hydrogens (tertiary/aromatic N) is 2. The number of carbonyl (C=O) groups is 3. The number of anilines is 2. The minimum Gasteiger partial charge on any atom is -0.497 e. The molecule has 1 aromatic heterocycles. The number of hydrogen-bond donors (Lipinski definition) is 3. The molecule has 0 aliphatic heterocycles. The average Bonchev–Trinajstić information content (AvgIpc) is 3.56. The largest absolute Gasteiger partial charge is 0.497 e. The zero-order valence-corrected chi connectivity index (χ0v) is 21.7. The van der Waals surface area contributed by atoms with Crippen molar-refractivity contribution in [1.29, 1.82) is 0 Å². The molecule has 0 radical (unpaired) electrons. The second kappa shape index (κ2) is 11.5. The summed E-state index contributed by atoms with van der Waals surface area (Å²) >= 11 is 0.688. The van der Waals surface area contributed by atoms with Crippen LogP contribution in [0.25, 0.3) is 0 Å². The molecular formula is C26H28FN5O5S. The van der Waals surface area contributed by atoms with Crippen molar-refractivity contribution in [3.05, 3.63) is 64.4 Å². The van der Waals surface area contributed by atoms with E-state index in [0.29, 0.717) is 28.6 Å². The quantitative estimate of drug-likeness (QED) is 0.376. The molecule has 3 aromatic rings. The number of hydrogen-bond acceptors (Lipinski definition) is 8. The van der Waals surface area contributed by atoms with Crippen LogP contribution in [0, 0.1) is 5.82 Å². The van der Waals surface area contributed by atoms with Crippen molar-refractivity contribution in [2.24, 2.45) is 5.73 Å². The lowest BCUT2D eigenvalue weighted by atomic mass is 10.00. The highest BCUT2D eigenvalue weighted by Crippen LogP contribution is 2.38. The van der Waals surface area contributed by atoms with Gasteiger partial charge in [-0.1, -0.05) is 12.8 Å². The summed E-state index contributed by atoms with van der Waals surface area (Å²) < 4.78 is 28.7. The van der Waals surface area contributed by atoms with Crippen LogP contribution in [0.3, 0.4) is 0 Å². The summed E-state index contributed by atoms with van der Waals surface area (Å²) in [6.45, 7) is 0. The minimum atomic E-state index is -1.26. The van der Waals surface area contributed by atoms with Crippen molar-refractivity contribution in [3.8, 4) is 11.5 Å². The van der Waals surface area contributed by atoms with Crippen molar-refractivity contribution in [3.63, 3.8) is 0 Å². The second-order valence-corrected chi connectivity index (χ2v) is 9.56. The van der Waals surface area contributed by atoms with Crippen LogP contribution in [0.15, 0.2) is 42.5 Å². The first-order chi connectivity index (χ1) is 18.2. The summed E-state index contributed by atoms with van der Waals surface area (Å²) in [4.78, 5) is 40.9. The van der Waals surface area contributed by atoms with Crippen LogP contribution in [0.2, 0.25) is 0 Å². The number of carbonyl (C=O) groups excluding carboxylic acids is 3. The molecule has 1 aliphatic carbocycles. The molecule has 1 fully saturated rings. The highest BCUT2D eigenvalue weighted by atomic mass is 32.1. The number of aromatic nitrogens is 1. The van der Waals surface area contributed by atoms with Crippen LogP contribution in [0.5, 0.6) is 11.5 Å². The number of primary amides is 1. The Balaban J connectivity index is 1.90. The van der Waals surface area contributed by atoms with E-state index in [1.807, 2.05) is 0 Å². The zero-order valence-electron chi connectivity index (χ0n) is 20.9. The van der Waals surface area contributed by atoms with Gasteiger partial charge in [-0.3, -0.25) is 19.3 Å². The normalized spacial score (nSPS) is 14.1. The lowest BCUT2D eigenvalue weighted by molar-refractivity contribution is -0.123. The molecule has 2 aromatic carbocycles. The van der Waals surface area contributed by atoms with Gasteiger partial charge >= 0.3 is 0 Å². The van der Waals surface area contributed by atoms with Crippen LogP contribution >= 0.6 is 11.5 Å². The lowest BCUT2D eigenvalue weighted by Crippen LogP contribution is -2.46. The molecule has 38 heavy (non-hydrogen) atoms. The monoisotopic (exact) mass is 541 g/mol. The zero-order chi connectivity index (χ0) is 27.4. The third-order valence-electron chi connectivity index (χ3n) is 6.42. The number of halogens is 1. The fourth-order valence-electron chi connectivity index (χ4n) is 4.52. The molecule has 0 unspecified atom stereocenters. The Hall–Kier alpha value is -4.19. The van der Waals surface area contributed by atoms with Gasteiger partial charge in [0.2, 0.25) is 5.91 Å². The number of methoxy groups -OCH3 is 2. The molecule has 0 saturated heterocycles. The van der Waals surface area contributed by atoms with Gasteiger partial charge in [0.25, 0.3) is 11.8 Å². The molecule has 1 atom stereocenters. The Bertz CT molecular complexity index is 1340. The Kier molecular flexibility index (Phi) is 8.10. The van der Waals surface area contributed by atoms with E-state index in [0.717, 1.165) is 25.7 Å².